The molecule has 0 saturated heterocycles. The van der Waals surface area contributed by atoms with E-state index in [4.69, 9.17) is 9.47 Å². The predicted molar refractivity (Wildman–Crippen MR) is 139 cm³/mol. The molecule has 0 heterocycles. The molecule has 3 rings (SSSR count). The number of amides is 1. The molecule has 0 aliphatic carbocycles. The fraction of sp³-hybridized carbons (Fsp3) is 0.296. The van der Waals surface area contributed by atoms with Crippen molar-refractivity contribution in [3.05, 3.63) is 78.4 Å². The Hall–Kier alpha value is -3.52. The minimum Gasteiger partial charge on any atom is -0.494 e. The Labute approximate surface area is 207 Å². The molecule has 3 aromatic rings. The maximum absolute atomic E-state index is 12.7. The lowest BCUT2D eigenvalue weighted by Gasteiger charge is -2.23. The third kappa shape index (κ3) is 7.23. The molecule has 0 aromatic heterocycles. The highest BCUT2D eigenvalue weighted by Crippen LogP contribution is 2.28. The summed E-state index contributed by atoms with van der Waals surface area (Å²) in [5.74, 6) is 0.931. The molecule has 35 heavy (non-hydrogen) atoms. The zero-order chi connectivity index (χ0) is 25.5. The minimum atomic E-state index is -3.77. The van der Waals surface area contributed by atoms with Crippen LogP contribution in [0.25, 0.3) is 0 Å². The van der Waals surface area contributed by atoms with Crippen molar-refractivity contribution in [2.45, 2.75) is 44.4 Å². The van der Waals surface area contributed by atoms with Gasteiger partial charge in [0, 0.05) is 11.4 Å². The molecule has 7 nitrogen and oxygen atoms in total. The molecule has 0 spiro atoms. The van der Waals surface area contributed by atoms with Gasteiger partial charge < -0.3 is 14.8 Å². The van der Waals surface area contributed by atoms with Gasteiger partial charge in [0.1, 0.15) is 11.5 Å². The van der Waals surface area contributed by atoms with Gasteiger partial charge in [0.05, 0.1) is 11.5 Å². The summed E-state index contributed by atoms with van der Waals surface area (Å²) in [4.78, 5) is 12.4. The second kappa shape index (κ2) is 11.3. The van der Waals surface area contributed by atoms with E-state index in [1.165, 1.54) is 29.8 Å². The normalized spacial score (nSPS) is 11.5. The minimum absolute atomic E-state index is 0.0794. The van der Waals surface area contributed by atoms with Gasteiger partial charge in [0.2, 0.25) is 0 Å². The van der Waals surface area contributed by atoms with Crippen LogP contribution in [0.15, 0.2) is 77.7 Å². The highest BCUT2D eigenvalue weighted by Gasteiger charge is 2.18. The number of nitrogens with one attached hydrogen (secondary N) is 2. The molecule has 2 N–H and O–H groups in total. The Kier molecular flexibility index (Phi) is 8.40. The van der Waals surface area contributed by atoms with Gasteiger partial charge in [-0.05, 0) is 85.0 Å². The Morgan fingerprint density at radius 2 is 1.34 bits per heavy atom. The van der Waals surface area contributed by atoms with E-state index < -0.39 is 10.0 Å². The molecule has 0 saturated carbocycles. The maximum atomic E-state index is 12.7. The topological polar surface area (TPSA) is 93.7 Å². The van der Waals surface area contributed by atoms with Crippen molar-refractivity contribution >= 4 is 27.3 Å². The summed E-state index contributed by atoms with van der Waals surface area (Å²) in [6.45, 7) is 8.77. The zero-order valence-corrected chi connectivity index (χ0v) is 21.3. The average Bonchev–Trinajstić information content (AvgIpc) is 2.84. The first-order valence-electron chi connectivity index (χ1n) is 11.5. The van der Waals surface area contributed by atoms with Crippen molar-refractivity contribution in [2.75, 3.05) is 23.3 Å². The van der Waals surface area contributed by atoms with Crippen LogP contribution in [0.3, 0.4) is 0 Å². The van der Waals surface area contributed by atoms with Gasteiger partial charge in [-0.2, -0.15) is 0 Å². The molecule has 0 fully saturated rings. The molecule has 0 atom stereocenters. The lowest BCUT2D eigenvalue weighted by molar-refractivity contribution is -0.118. The second-order valence-corrected chi connectivity index (χ2v) is 10.4. The number of hydrogen-bond acceptors (Lipinski definition) is 5. The summed E-state index contributed by atoms with van der Waals surface area (Å²) in [5, 5.41) is 2.71. The fourth-order valence-corrected chi connectivity index (χ4v) is 4.33. The second-order valence-electron chi connectivity index (χ2n) is 8.69. The molecular formula is C27H32N2O5S. The molecule has 0 aliphatic heterocycles. The monoisotopic (exact) mass is 496 g/mol. The first-order valence-corrected chi connectivity index (χ1v) is 13.0. The van der Waals surface area contributed by atoms with Crippen LogP contribution in [0, 0.1) is 0 Å². The number of hydrogen-bond donors (Lipinski definition) is 2. The van der Waals surface area contributed by atoms with Gasteiger partial charge in [-0.15, -0.1) is 0 Å². The molecule has 0 unspecified atom stereocenters. The van der Waals surface area contributed by atoms with Crippen molar-refractivity contribution in [1.29, 1.82) is 0 Å². The summed E-state index contributed by atoms with van der Waals surface area (Å²) < 4.78 is 38.8. The van der Waals surface area contributed by atoms with E-state index in [1.54, 1.807) is 24.3 Å². The lowest BCUT2D eigenvalue weighted by Crippen LogP contribution is -2.20. The van der Waals surface area contributed by atoms with Crippen molar-refractivity contribution in [3.8, 4) is 11.5 Å². The van der Waals surface area contributed by atoms with Gasteiger partial charge in [0.25, 0.3) is 15.9 Å². The van der Waals surface area contributed by atoms with Crippen LogP contribution in [0.1, 0.15) is 39.7 Å². The van der Waals surface area contributed by atoms with E-state index in [-0.39, 0.29) is 22.8 Å². The number of rotatable bonds is 11. The number of carbonyl (C=O) groups excluding carboxylic acids is 1. The van der Waals surface area contributed by atoms with E-state index in [0.717, 1.165) is 6.42 Å². The third-order valence-electron chi connectivity index (χ3n) is 5.76. The van der Waals surface area contributed by atoms with E-state index in [2.05, 4.69) is 30.8 Å². The van der Waals surface area contributed by atoms with Crippen LogP contribution in [0.5, 0.6) is 11.5 Å². The first-order chi connectivity index (χ1) is 16.6. The van der Waals surface area contributed by atoms with Crippen LogP contribution in [0.4, 0.5) is 11.4 Å². The van der Waals surface area contributed by atoms with Crippen molar-refractivity contribution < 1.29 is 22.7 Å². The summed E-state index contributed by atoms with van der Waals surface area (Å²) >= 11 is 0. The molecule has 0 radical (unpaired) electrons. The van der Waals surface area contributed by atoms with Crippen molar-refractivity contribution in [2.24, 2.45) is 0 Å². The number of sulfonamides is 1. The average molecular weight is 497 g/mol. The summed E-state index contributed by atoms with van der Waals surface area (Å²) in [6.07, 6.45) is 1.02. The van der Waals surface area contributed by atoms with Gasteiger partial charge in [-0.25, -0.2) is 8.42 Å². The molecule has 186 valence electrons. The van der Waals surface area contributed by atoms with Crippen molar-refractivity contribution in [1.82, 2.24) is 0 Å². The molecular weight excluding hydrogens is 464 g/mol. The largest absolute Gasteiger partial charge is 0.494 e. The Morgan fingerprint density at radius 3 is 1.91 bits per heavy atom. The van der Waals surface area contributed by atoms with Crippen molar-refractivity contribution in [3.63, 3.8) is 0 Å². The Morgan fingerprint density at radius 1 is 0.800 bits per heavy atom. The quantitative estimate of drug-likeness (QED) is 0.361. The van der Waals surface area contributed by atoms with Crippen LogP contribution >= 0.6 is 0 Å². The van der Waals surface area contributed by atoms with Crippen LogP contribution in [-0.2, 0) is 20.2 Å². The number of carbonyl (C=O) groups is 1. The summed E-state index contributed by atoms with van der Waals surface area (Å²) in [5.41, 5.74) is 2.19. The molecule has 1 amide bonds. The first kappa shape index (κ1) is 26.1. The van der Waals surface area contributed by atoms with Gasteiger partial charge in [0.15, 0.2) is 6.61 Å². The zero-order valence-electron chi connectivity index (χ0n) is 20.5. The Balaban J connectivity index is 1.54. The van der Waals surface area contributed by atoms with Gasteiger partial charge >= 0.3 is 0 Å². The smallest absolute Gasteiger partial charge is 0.262 e. The van der Waals surface area contributed by atoms with Crippen LogP contribution in [-0.4, -0.2) is 27.5 Å². The van der Waals surface area contributed by atoms with E-state index in [0.29, 0.717) is 29.5 Å². The summed E-state index contributed by atoms with van der Waals surface area (Å²) in [7, 11) is -3.77. The molecule has 3 aromatic carbocycles. The van der Waals surface area contributed by atoms with Crippen LogP contribution < -0.4 is 19.5 Å². The SMILES string of the molecule is CCOc1ccc(NS(=O)(=O)c2ccc(NC(=O)COc3ccc(C(C)(C)CC)cc3)cc2)cc1. The molecule has 0 aliphatic rings. The Bertz CT molecular complexity index is 1220. The van der Waals surface area contributed by atoms with Crippen LogP contribution in [0.2, 0.25) is 0 Å². The number of ether oxygens (including phenoxy) is 2. The summed E-state index contributed by atoms with van der Waals surface area (Å²) in [6, 6.07) is 20.3. The van der Waals surface area contributed by atoms with E-state index >= 15 is 0 Å². The van der Waals surface area contributed by atoms with E-state index in [9.17, 15) is 13.2 Å². The number of benzene rings is 3. The van der Waals surface area contributed by atoms with Gasteiger partial charge in [-0.3, -0.25) is 9.52 Å². The molecule has 0 bridgehead atoms. The van der Waals surface area contributed by atoms with Gasteiger partial charge in [-0.1, -0.05) is 32.9 Å². The molecule has 8 heteroatoms. The predicted octanol–water partition coefficient (Wildman–Crippen LogP) is 5.59. The number of anilines is 2. The highest BCUT2D eigenvalue weighted by atomic mass is 32.2. The third-order valence-corrected chi connectivity index (χ3v) is 7.15. The van der Waals surface area contributed by atoms with E-state index in [1.807, 2.05) is 31.2 Å². The fourth-order valence-electron chi connectivity index (χ4n) is 3.27. The standard InChI is InChI=1S/C27H32N2O5S/c1-5-27(3,4)20-7-13-24(14-8-20)34-19-26(30)28-21-11-17-25(18-12-21)35(31,32)29-22-9-15-23(16-10-22)33-6-2/h7-18,29H,5-6,19H2,1-4H3,(H,28,30). The highest BCUT2D eigenvalue weighted by molar-refractivity contribution is 7.92. The maximum Gasteiger partial charge on any atom is 0.262 e. The lowest BCUT2D eigenvalue weighted by atomic mass is 9.82.